The Morgan fingerprint density at radius 2 is 1.65 bits per heavy atom. The maximum Gasteiger partial charge on any atom is 0.335 e. The number of fused-ring (bicyclic) bond motifs is 6. The lowest BCUT2D eigenvalue weighted by Gasteiger charge is -2.13. The van der Waals surface area contributed by atoms with Crippen molar-refractivity contribution in [3.05, 3.63) is 82.6 Å². The zero-order chi connectivity index (χ0) is 20.9. The summed E-state index contributed by atoms with van der Waals surface area (Å²) in [4.78, 5) is 29.6. The molecule has 0 spiro atoms. The van der Waals surface area contributed by atoms with E-state index in [2.05, 4.69) is 18.2 Å². The molecule has 1 N–H and O–H groups in total. The summed E-state index contributed by atoms with van der Waals surface area (Å²) in [7, 11) is 0. The number of nitrogens with zero attached hydrogens (tertiary/aromatic N) is 2. The SMILES string of the molecule is O=C(O)c1ccc2c(c1)nc1c3ccc4c5ccccc5sc5ccc(c(=O)n21)c3c54. The molecule has 3 heterocycles. The molecule has 7 aromatic rings. The Morgan fingerprint density at radius 1 is 0.839 bits per heavy atom. The number of hydrogen-bond acceptors (Lipinski definition) is 4. The maximum atomic E-state index is 13.6. The zero-order valence-corrected chi connectivity index (χ0v) is 16.7. The van der Waals surface area contributed by atoms with Crippen molar-refractivity contribution in [2.24, 2.45) is 0 Å². The van der Waals surface area contributed by atoms with Gasteiger partial charge in [0.25, 0.3) is 5.56 Å². The van der Waals surface area contributed by atoms with Crippen molar-refractivity contribution in [1.29, 1.82) is 0 Å². The van der Waals surface area contributed by atoms with Crippen molar-refractivity contribution in [2.75, 3.05) is 0 Å². The van der Waals surface area contributed by atoms with Gasteiger partial charge < -0.3 is 5.11 Å². The highest BCUT2D eigenvalue weighted by molar-refractivity contribution is 7.25. The van der Waals surface area contributed by atoms with E-state index in [-0.39, 0.29) is 11.1 Å². The van der Waals surface area contributed by atoms with Gasteiger partial charge in [-0.1, -0.05) is 24.3 Å². The van der Waals surface area contributed by atoms with Gasteiger partial charge in [0.05, 0.1) is 16.6 Å². The summed E-state index contributed by atoms with van der Waals surface area (Å²) in [6, 6.07) is 21.0. The average Bonchev–Trinajstić information content (AvgIpc) is 3.18. The van der Waals surface area contributed by atoms with Crippen LogP contribution < -0.4 is 5.56 Å². The van der Waals surface area contributed by atoms with Gasteiger partial charge in [0.2, 0.25) is 0 Å². The van der Waals surface area contributed by atoms with Gasteiger partial charge in [0.1, 0.15) is 5.65 Å². The largest absolute Gasteiger partial charge is 0.478 e. The number of carboxylic acids is 1. The fraction of sp³-hybridized carbons (Fsp3) is 0. The fourth-order valence-corrected chi connectivity index (χ4v) is 5.88. The first-order chi connectivity index (χ1) is 15.1. The van der Waals surface area contributed by atoms with Crippen LogP contribution in [0.3, 0.4) is 0 Å². The Hall–Kier alpha value is -4.03. The first-order valence-electron chi connectivity index (χ1n) is 9.79. The van der Waals surface area contributed by atoms with E-state index in [1.807, 2.05) is 30.3 Å². The quantitative estimate of drug-likeness (QED) is 0.275. The van der Waals surface area contributed by atoms with Crippen LogP contribution in [-0.2, 0) is 0 Å². The Morgan fingerprint density at radius 3 is 2.52 bits per heavy atom. The van der Waals surface area contributed by atoms with Crippen LogP contribution in [0.2, 0.25) is 0 Å². The van der Waals surface area contributed by atoms with Gasteiger partial charge in [-0.15, -0.1) is 11.3 Å². The Balaban J connectivity index is 1.77. The predicted molar refractivity (Wildman–Crippen MR) is 125 cm³/mol. The summed E-state index contributed by atoms with van der Waals surface area (Å²) in [5.74, 6) is -1.02. The second-order valence-corrected chi connectivity index (χ2v) is 8.79. The van der Waals surface area contributed by atoms with E-state index in [9.17, 15) is 14.7 Å². The molecule has 6 heteroatoms. The lowest BCUT2D eigenvalue weighted by Crippen LogP contribution is -2.13. The topological polar surface area (TPSA) is 71.7 Å². The zero-order valence-electron chi connectivity index (χ0n) is 15.9. The van der Waals surface area contributed by atoms with E-state index < -0.39 is 5.97 Å². The number of imidazole rings is 1. The van der Waals surface area contributed by atoms with Gasteiger partial charge in [-0.2, -0.15) is 0 Å². The van der Waals surface area contributed by atoms with Crippen LogP contribution >= 0.6 is 11.3 Å². The van der Waals surface area contributed by atoms with E-state index >= 15 is 0 Å². The van der Waals surface area contributed by atoms with Gasteiger partial charge in [0.15, 0.2) is 0 Å². The van der Waals surface area contributed by atoms with Crippen LogP contribution in [0.25, 0.3) is 58.4 Å². The molecule has 4 aromatic carbocycles. The Labute approximate surface area is 177 Å². The number of carboxylic acid groups (broad SMARTS) is 1. The highest BCUT2D eigenvalue weighted by Crippen LogP contribution is 2.41. The van der Waals surface area contributed by atoms with Crippen LogP contribution in [0.15, 0.2) is 71.5 Å². The van der Waals surface area contributed by atoms with Gasteiger partial charge in [-0.25, -0.2) is 9.78 Å². The molecule has 0 saturated heterocycles. The molecule has 0 unspecified atom stereocenters. The van der Waals surface area contributed by atoms with Gasteiger partial charge >= 0.3 is 5.97 Å². The minimum Gasteiger partial charge on any atom is -0.478 e. The molecule has 31 heavy (non-hydrogen) atoms. The molecule has 0 aliphatic carbocycles. The number of aromatic nitrogens is 2. The standard InChI is InChI=1S/C25H12N2O3S/c28-24-16-8-10-20-22-14(13-3-1-2-4-19(13)31-20)6-7-15(21(16)22)23-26-17-11-12(25(29)30)5-9-18(17)27(23)24/h1-11H,(H,29,30). The first-order valence-corrected chi connectivity index (χ1v) is 10.6. The van der Waals surface area contributed by atoms with Gasteiger partial charge in [-0.3, -0.25) is 9.20 Å². The van der Waals surface area contributed by atoms with E-state index in [0.717, 1.165) is 26.2 Å². The molecule has 5 nitrogen and oxygen atoms in total. The van der Waals surface area contributed by atoms with Crippen molar-refractivity contribution >= 4 is 75.7 Å². The minimum absolute atomic E-state index is 0.138. The molecule has 7 rings (SSSR count). The summed E-state index contributed by atoms with van der Waals surface area (Å²) >= 11 is 1.72. The second kappa shape index (κ2) is 5.56. The average molecular weight is 420 g/mol. The van der Waals surface area contributed by atoms with Crippen molar-refractivity contribution in [3.8, 4) is 0 Å². The van der Waals surface area contributed by atoms with E-state index in [4.69, 9.17) is 4.98 Å². The third-order valence-corrected chi connectivity index (χ3v) is 7.23. The van der Waals surface area contributed by atoms with Crippen molar-refractivity contribution in [3.63, 3.8) is 0 Å². The van der Waals surface area contributed by atoms with Crippen LogP contribution in [0.5, 0.6) is 0 Å². The highest BCUT2D eigenvalue weighted by Gasteiger charge is 2.19. The molecule has 0 aliphatic rings. The lowest BCUT2D eigenvalue weighted by molar-refractivity contribution is 0.0697. The molecular formula is C25H12N2O3S. The summed E-state index contributed by atoms with van der Waals surface area (Å²) in [5, 5.41) is 15.2. The summed E-state index contributed by atoms with van der Waals surface area (Å²) in [5.41, 5.74) is 1.69. The second-order valence-electron chi connectivity index (χ2n) is 7.70. The monoisotopic (exact) mass is 420 g/mol. The molecule has 3 aromatic heterocycles. The summed E-state index contributed by atoms with van der Waals surface area (Å²) in [6.07, 6.45) is 0. The third kappa shape index (κ3) is 2.02. The first kappa shape index (κ1) is 16.7. The number of rotatable bonds is 1. The summed E-state index contributed by atoms with van der Waals surface area (Å²) in [6.45, 7) is 0. The van der Waals surface area contributed by atoms with Crippen molar-refractivity contribution in [2.45, 2.75) is 0 Å². The molecule has 0 atom stereocenters. The molecule has 0 fully saturated rings. The molecule has 0 saturated carbocycles. The molecule has 0 bridgehead atoms. The van der Waals surface area contributed by atoms with Crippen molar-refractivity contribution in [1.82, 2.24) is 9.38 Å². The molecule has 0 amide bonds. The summed E-state index contributed by atoms with van der Waals surface area (Å²) < 4.78 is 3.93. The van der Waals surface area contributed by atoms with Crippen LogP contribution in [-0.4, -0.2) is 20.5 Å². The maximum absolute atomic E-state index is 13.6. The number of pyridine rings is 1. The van der Waals surface area contributed by atoms with Crippen LogP contribution in [0.1, 0.15) is 10.4 Å². The Kier molecular flexibility index (Phi) is 3.00. The molecule has 146 valence electrons. The third-order valence-electron chi connectivity index (χ3n) is 6.10. The minimum atomic E-state index is -1.02. The molecular weight excluding hydrogens is 408 g/mol. The number of aromatic carboxylic acids is 1. The highest BCUT2D eigenvalue weighted by atomic mass is 32.1. The predicted octanol–water partition coefficient (Wildman–Crippen LogP) is 5.66. The van der Waals surface area contributed by atoms with Gasteiger partial charge in [-0.05, 0) is 53.2 Å². The smallest absolute Gasteiger partial charge is 0.335 e. The van der Waals surface area contributed by atoms with E-state index in [1.54, 1.807) is 21.8 Å². The number of benzene rings is 4. The van der Waals surface area contributed by atoms with Crippen molar-refractivity contribution < 1.29 is 9.90 Å². The van der Waals surface area contributed by atoms with Crippen LogP contribution in [0.4, 0.5) is 0 Å². The molecule has 0 radical (unpaired) electrons. The fourth-order valence-electron chi connectivity index (χ4n) is 4.75. The Bertz CT molecular complexity index is 1950. The number of hydrogen-bond donors (Lipinski definition) is 1. The van der Waals surface area contributed by atoms with E-state index in [0.29, 0.717) is 22.1 Å². The number of carbonyl (C=O) groups is 1. The van der Waals surface area contributed by atoms with Gasteiger partial charge in [0, 0.05) is 30.9 Å². The normalized spacial score (nSPS) is 12.3. The lowest BCUT2D eigenvalue weighted by atomic mass is 9.97. The van der Waals surface area contributed by atoms with Crippen LogP contribution in [0, 0.1) is 0 Å². The molecule has 0 aliphatic heterocycles. The van der Waals surface area contributed by atoms with E-state index in [1.165, 1.54) is 22.2 Å².